The number of para-hydroxylation sites is 1. The highest BCUT2D eigenvalue weighted by atomic mass is 16.1. The molecule has 1 aliphatic heterocycles. The summed E-state index contributed by atoms with van der Waals surface area (Å²) in [6.07, 6.45) is 2.33. The first-order chi connectivity index (χ1) is 11.2. The van der Waals surface area contributed by atoms with E-state index in [9.17, 15) is 4.79 Å². The van der Waals surface area contributed by atoms with Gasteiger partial charge in [0.25, 0.3) is 0 Å². The van der Waals surface area contributed by atoms with Gasteiger partial charge in [0.1, 0.15) is 5.82 Å². The van der Waals surface area contributed by atoms with Crippen LogP contribution in [0.5, 0.6) is 0 Å². The molecule has 1 amide bonds. The molecule has 114 valence electrons. The third-order valence-electron chi connectivity index (χ3n) is 4.38. The van der Waals surface area contributed by atoms with Crippen LogP contribution in [0.15, 0.2) is 60.8 Å². The summed E-state index contributed by atoms with van der Waals surface area (Å²) in [4.78, 5) is 12.3. The van der Waals surface area contributed by atoms with Gasteiger partial charge in [0.15, 0.2) is 0 Å². The minimum absolute atomic E-state index is 0.0310. The molecule has 4 nitrogen and oxygen atoms in total. The molecular weight excluding hydrogens is 286 g/mol. The van der Waals surface area contributed by atoms with Crippen molar-refractivity contribution < 1.29 is 4.79 Å². The van der Waals surface area contributed by atoms with Gasteiger partial charge in [-0.15, -0.1) is 0 Å². The van der Waals surface area contributed by atoms with E-state index in [1.54, 1.807) is 4.68 Å². The number of aromatic nitrogens is 2. The SMILES string of the molecule is Cc1ccccc1[C@H]1CC(=O)Nc2c1cnn2-c1ccccc1. The Kier molecular flexibility index (Phi) is 3.23. The Labute approximate surface area is 134 Å². The van der Waals surface area contributed by atoms with Gasteiger partial charge in [-0.25, -0.2) is 4.68 Å². The summed E-state index contributed by atoms with van der Waals surface area (Å²) in [5, 5.41) is 7.50. The van der Waals surface area contributed by atoms with Gasteiger partial charge in [-0.05, 0) is 30.2 Å². The Balaban J connectivity index is 1.85. The van der Waals surface area contributed by atoms with Crippen molar-refractivity contribution in [3.05, 3.63) is 77.5 Å². The Morgan fingerprint density at radius 3 is 2.57 bits per heavy atom. The molecule has 2 aromatic carbocycles. The number of hydrogen-bond donors (Lipinski definition) is 1. The third-order valence-corrected chi connectivity index (χ3v) is 4.38. The average Bonchev–Trinajstić information content (AvgIpc) is 2.99. The lowest BCUT2D eigenvalue weighted by molar-refractivity contribution is -0.116. The molecule has 0 aliphatic carbocycles. The molecule has 2 heterocycles. The molecule has 1 N–H and O–H groups in total. The Hall–Kier alpha value is -2.88. The molecule has 0 saturated heterocycles. The standard InChI is InChI=1S/C19H17N3O/c1-13-7-5-6-10-15(13)16-11-18(23)21-19-17(16)12-20-22(19)14-8-3-2-4-9-14/h2-10,12,16H,11H2,1H3,(H,21,23)/t16-/m1/s1. The van der Waals surface area contributed by atoms with Gasteiger partial charge in [0.2, 0.25) is 5.91 Å². The first kappa shape index (κ1) is 13.8. The molecule has 0 bridgehead atoms. The number of aryl methyl sites for hydroxylation is 1. The van der Waals surface area contributed by atoms with Crippen LogP contribution >= 0.6 is 0 Å². The summed E-state index contributed by atoms with van der Waals surface area (Å²) in [6, 6.07) is 18.1. The maximum Gasteiger partial charge on any atom is 0.226 e. The molecule has 23 heavy (non-hydrogen) atoms. The van der Waals surface area contributed by atoms with Crippen molar-refractivity contribution in [2.45, 2.75) is 19.3 Å². The van der Waals surface area contributed by atoms with Crippen LogP contribution in [0.1, 0.15) is 29.0 Å². The number of carbonyl (C=O) groups excluding carboxylic acids is 1. The zero-order chi connectivity index (χ0) is 15.8. The van der Waals surface area contributed by atoms with Crippen LogP contribution < -0.4 is 5.32 Å². The highest BCUT2D eigenvalue weighted by Crippen LogP contribution is 2.38. The van der Waals surface area contributed by atoms with Gasteiger partial charge >= 0.3 is 0 Å². The Morgan fingerprint density at radius 1 is 1.04 bits per heavy atom. The summed E-state index contributed by atoms with van der Waals surface area (Å²) in [5.74, 6) is 0.863. The van der Waals surface area contributed by atoms with Gasteiger partial charge in [-0.1, -0.05) is 42.5 Å². The number of anilines is 1. The smallest absolute Gasteiger partial charge is 0.226 e. The summed E-state index contributed by atoms with van der Waals surface area (Å²) >= 11 is 0. The lowest BCUT2D eigenvalue weighted by atomic mass is 9.85. The zero-order valence-corrected chi connectivity index (χ0v) is 12.9. The first-order valence-corrected chi connectivity index (χ1v) is 7.73. The normalized spacial score (nSPS) is 16.7. The van der Waals surface area contributed by atoms with E-state index in [-0.39, 0.29) is 11.8 Å². The molecule has 0 saturated carbocycles. The molecule has 3 aromatic rings. The minimum Gasteiger partial charge on any atom is -0.310 e. The first-order valence-electron chi connectivity index (χ1n) is 7.73. The van der Waals surface area contributed by atoms with Crippen LogP contribution in [0.2, 0.25) is 0 Å². The fourth-order valence-electron chi connectivity index (χ4n) is 3.24. The van der Waals surface area contributed by atoms with E-state index in [0.29, 0.717) is 6.42 Å². The van der Waals surface area contributed by atoms with Crippen molar-refractivity contribution in [2.24, 2.45) is 0 Å². The monoisotopic (exact) mass is 303 g/mol. The molecule has 0 unspecified atom stereocenters. The summed E-state index contributed by atoms with van der Waals surface area (Å²) < 4.78 is 1.80. The van der Waals surface area contributed by atoms with Crippen LogP contribution in [0.4, 0.5) is 5.82 Å². The number of amides is 1. The molecule has 1 aliphatic rings. The highest BCUT2D eigenvalue weighted by molar-refractivity contribution is 5.94. The number of benzene rings is 2. The second-order valence-electron chi connectivity index (χ2n) is 5.86. The van der Waals surface area contributed by atoms with Crippen LogP contribution in [-0.4, -0.2) is 15.7 Å². The van der Waals surface area contributed by atoms with Gasteiger partial charge in [-0.2, -0.15) is 5.10 Å². The molecule has 0 fully saturated rings. The Morgan fingerprint density at radius 2 is 1.78 bits per heavy atom. The second kappa shape index (κ2) is 5.39. The fraction of sp³-hybridized carbons (Fsp3) is 0.158. The largest absolute Gasteiger partial charge is 0.310 e. The molecule has 4 rings (SSSR count). The Bertz CT molecular complexity index is 867. The van der Waals surface area contributed by atoms with Crippen molar-refractivity contribution in [1.29, 1.82) is 0 Å². The van der Waals surface area contributed by atoms with Crippen molar-refractivity contribution in [1.82, 2.24) is 9.78 Å². The molecule has 0 radical (unpaired) electrons. The molecule has 4 heteroatoms. The maximum absolute atomic E-state index is 12.3. The van der Waals surface area contributed by atoms with E-state index in [2.05, 4.69) is 29.5 Å². The van der Waals surface area contributed by atoms with E-state index in [4.69, 9.17) is 0 Å². The number of rotatable bonds is 2. The van der Waals surface area contributed by atoms with Gasteiger partial charge in [0, 0.05) is 17.9 Å². The van der Waals surface area contributed by atoms with Crippen molar-refractivity contribution in [3.8, 4) is 5.69 Å². The lowest BCUT2D eigenvalue weighted by Crippen LogP contribution is -2.24. The molecule has 1 aromatic heterocycles. The van der Waals surface area contributed by atoms with Crippen molar-refractivity contribution in [2.75, 3.05) is 5.32 Å². The van der Waals surface area contributed by atoms with Gasteiger partial charge < -0.3 is 5.32 Å². The third kappa shape index (κ3) is 2.32. The van der Waals surface area contributed by atoms with E-state index < -0.39 is 0 Å². The van der Waals surface area contributed by atoms with E-state index in [1.807, 2.05) is 48.7 Å². The average molecular weight is 303 g/mol. The summed E-state index contributed by atoms with van der Waals surface area (Å²) in [5.41, 5.74) is 4.41. The number of carbonyl (C=O) groups is 1. The highest BCUT2D eigenvalue weighted by Gasteiger charge is 2.30. The topological polar surface area (TPSA) is 46.9 Å². The number of nitrogens with zero attached hydrogens (tertiary/aromatic N) is 2. The molecule has 1 atom stereocenters. The van der Waals surface area contributed by atoms with Crippen molar-refractivity contribution in [3.63, 3.8) is 0 Å². The molecule has 0 spiro atoms. The number of fused-ring (bicyclic) bond motifs is 1. The zero-order valence-electron chi connectivity index (χ0n) is 12.9. The summed E-state index contributed by atoms with van der Waals surface area (Å²) in [6.45, 7) is 2.09. The predicted octanol–water partition coefficient (Wildman–Crippen LogP) is 3.65. The van der Waals surface area contributed by atoms with Crippen LogP contribution in [0, 0.1) is 6.92 Å². The van der Waals surface area contributed by atoms with Crippen LogP contribution in [0.25, 0.3) is 5.69 Å². The maximum atomic E-state index is 12.3. The van der Waals surface area contributed by atoms with Gasteiger partial charge in [-0.3, -0.25) is 4.79 Å². The van der Waals surface area contributed by atoms with Gasteiger partial charge in [0.05, 0.1) is 11.9 Å². The minimum atomic E-state index is 0.0310. The predicted molar refractivity (Wildman–Crippen MR) is 89.8 cm³/mol. The quantitative estimate of drug-likeness (QED) is 0.785. The van der Waals surface area contributed by atoms with Crippen LogP contribution in [0.3, 0.4) is 0 Å². The summed E-state index contributed by atoms with van der Waals surface area (Å²) in [7, 11) is 0. The number of hydrogen-bond acceptors (Lipinski definition) is 2. The lowest BCUT2D eigenvalue weighted by Gasteiger charge is -2.25. The second-order valence-corrected chi connectivity index (χ2v) is 5.86. The van der Waals surface area contributed by atoms with E-state index in [1.165, 1.54) is 11.1 Å². The molecular formula is C19H17N3O. The fourth-order valence-corrected chi connectivity index (χ4v) is 3.24. The van der Waals surface area contributed by atoms with Crippen molar-refractivity contribution >= 4 is 11.7 Å². The van der Waals surface area contributed by atoms with Crippen LogP contribution in [-0.2, 0) is 4.79 Å². The van der Waals surface area contributed by atoms with E-state index in [0.717, 1.165) is 17.1 Å². The number of nitrogens with one attached hydrogen (secondary N) is 1. The van der Waals surface area contributed by atoms with E-state index >= 15 is 0 Å².